The molecule has 2 aliphatic rings. The lowest BCUT2D eigenvalue weighted by atomic mass is 9.93. The average molecular weight is 585 g/mol. The first kappa shape index (κ1) is 29.1. The van der Waals surface area contributed by atoms with E-state index in [0.717, 1.165) is 80.2 Å². The molecule has 0 amide bonds. The van der Waals surface area contributed by atoms with Crippen molar-refractivity contribution in [2.75, 3.05) is 19.7 Å². The van der Waals surface area contributed by atoms with Crippen LogP contribution < -0.4 is 4.74 Å². The van der Waals surface area contributed by atoms with Crippen LogP contribution in [0.15, 0.2) is 54.6 Å². The lowest BCUT2D eigenvalue weighted by molar-refractivity contribution is -0.0592. The molecule has 4 heterocycles. The second-order valence-electron chi connectivity index (χ2n) is 11.5. The number of halogens is 1. The molecule has 0 aliphatic carbocycles. The number of likely N-dealkylation sites (tertiary alicyclic amines) is 1. The van der Waals surface area contributed by atoms with Crippen molar-refractivity contribution in [3.8, 4) is 5.88 Å². The monoisotopic (exact) mass is 584 g/mol. The second kappa shape index (κ2) is 12.7. The summed E-state index contributed by atoms with van der Waals surface area (Å²) >= 11 is 0. The van der Waals surface area contributed by atoms with Gasteiger partial charge in [-0.25, -0.2) is 14.4 Å². The summed E-state index contributed by atoms with van der Waals surface area (Å²) < 4.78 is 28.3. The van der Waals surface area contributed by atoms with Crippen LogP contribution in [0.1, 0.15) is 83.2 Å². The Labute approximate surface area is 250 Å². The zero-order valence-corrected chi connectivity index (χ0v) is 24.7. The number of aromatic nitrogens is 3. The summed E-state index contributed by atoms with van der Waals surface area (Å²) in [5.74, 6) is 1.27. The number of imidazole rings is 1. The summed E-state index contributed by atoms with van der Waals surface area (Å²) in [5, 5.41) is 0. The van der Waals surface area contributed by atoms with E-state index in [1.165, 1.54) is 13.0 Å². The van der Waals surface area contributed by atoms with Crippen LogP contribution in [-0.2, 0) is 24.4 Å². The molecule has 0 N–H and O–H groups in total. The first-order chi connectivity index (χ1) is 20.9. The summed E-state index contributed by atoms with van der Waals surface area (Å²) in [6.45, 7) is 7.44. The fraction of sp³-hybridized carbons (Fsp3) is 0.412. The minimum atomic E-state index is -0.458. The molecule has 0 bridgehead atoms. The van der Waals surface area contributed by atoms with Gasteiger partial charge in [0.1, 0.15) is 18.2 Å². The Morgan fingerprint density at radius 3 is 2.51 bits per heavy atom. The van der Waals surface area contributed by atoms with Crippen LogP contribution >= 0.6 is 0 Å². The molecule has 0 radical (unpaired) electrons. The van der Waals surface area contributed by atoms with E-state index >= 15 is 0 Å². The molecule has 1 unspecified atom stereocenters. The third kappa shape index (κ3) is 6.53. The van der Waals surface area contributed by atoms with E-state index in [9.17, 15) is 14.0 Å². The predicted octanol–water partition coefficient (Wildman–Crippen LogP) is 6.11. The minimum Gasteiger partial charge on any atom is -0.473 e. The van der Waals surface area contributed by atoms with Gasteiger partial charge in [0.05, 0.1) is 30.2 Å². The summed E-state index contributed by atoms with van der Waals surface area (Å²) in [7, 11) is 0. The van der Waals surface area contributed by atoms with Crippen molar-refractivity contribution in [2.24, 2.45) is 0 Å². The molecule has 4 aromatic rings. The maximum absolute atomic E-state index is 14.4. The topological polar surface area (TPSA) is 86.6 Å². The summed E-state index contributed by atoms with van der Waals surface area (Å²) in [6.07, 6.45) is 3.61. The van der Waals surface area contributed by atoms with Crippen LogP contribution in [0.5, 0.6) is 5.88 Å². The van der Waals surface area contributed by atoms with Gasteiger partial charge in [-0.05, 0) is 69.6 Å². The van der Waals surface area contributed by atoms with Crippen molar-refractivity contribution in [1.29, 1.82) is 0 Å². The predicted molar refractivity (Wildman–Crippen MR) is 161 cm³/mol. The van der Waals surface area contributed by atoms with Gasteiger partial charge in [0, 0.05) is 47.4 Å². The van der Waals surface area contributed by atoms with Gasteiger partial charge >= 0.3 is 0 Å². The molecule has 6 rings (SSSR count). The lowest BCUT2D eigenvalue weighted by Gasteiger charge is -2.32. The van der Waals surface area contributed by atoms with Gasteiger partial charge in [-0.15, -0.1) is 0 Å². The number of carbonyl (C=O) groups excluding carboxylic acids is 2. The van der Waals surface area contributed by atoms with Crippen molar-refractivity contribution in [3.05, 3.63) is 88.6 Å². The van der Waals surface area contributed by atoms with Crippen LogP contribution in [0, 0.1) is 5.82 Å². The van der Waals surface area contributed by atoms with E-state index < -0.39 is 5.82 Å². The molecular weight excluding hydrogens is 547 g/mol. The number of rotatable bonds is 11. The molecule has 2 fully saturated rings. The highest BCUT2D eigenvalue weighted by Gasteiger charge is 2.26. The van der Waals surface area contributed by atoms with Gasteiger partial charge < -0.3 is 14.0 Å². The van der Waals surface area contributed by atoms with E-state index in [1.54, 1.807) is 18.2 Å². The van der Waals surface area contributed by atoms with E-state index in [0.29, 0.717) is 29.3 Å². The molecule has 2 aromatic heterocycles. The maximum atomic E-state index is 14.4. The normalized spacial score (nSPS) is 17.6. The van der Waals surface area contributed by atoms with Crippen molar-refractivity contribution in [2.45, 2.75) is 71.2 Å². The van der Waals surface area contributed by atoms with Crippen LogP contribution in [0.25, 0.3) is 11.0 Å². The molecule has 1 atom stereocenters. The number of Topliss-reactive ketones (excluding diaryl/α,β-unsaturated/α-hetero) is 2. The van der Waals surface area contributed by atoms with Crippen LogP contribution in [0.2, 0.25) is 0 Å². The summed E-state index contributed by atoms with van der Waals surface area (Å²) in [5.41, 5.74) is 4.34. The quantitative estimate of drug-likeness (QED) is 0.197. The van der Waals surface area contributed by atoms with Gasteiger partial charge in [-0.1, -0.05) is 25.1 Å². The second-order valence-corrected chi connectivity index (χ2v) is 11.5. The number of carbonyl (C=O) groups is 2. The number of benzene rings is 2. The molecule has 2 aliphatic heterocycles. The maximum Gasteiger partial charge on any atom is 0.213 e. The fourth-order valence-electron chi connectivity index (χ4n) is 5.87. The highest BCUT2D eigenvalue weighted by Crippen LogP contribution is 2.30. The highest BCUT2D eigenvalue weighted by molar-refractivity contribution is 5.98. The van der Waals surface area contributed by atoms with Crippen molar-refractivity contribution in [3.63, 3.8) is 0 Å². The van der Waals surface area contributed by atoms with Gasteiger partial charge in [0.2, 0.25) is 5.88 Å². The zero-order valence-electron chi connectivity index (χ0n) is 24.7. The molecule has 2 aromatic carbocycles. The minimum absolute atomic E-state index is 0.0416. The van der Waals surface area contributed by atoms with Crippen molar-refractivity contribution < 1.29 is 23.5 Å². The Balaban J connectivity index is 1.10. The first-order valence-corrected chi connectivity index (χ1v) is 15.1. The number of piperidine rings is 1. The third-order valence-corrected chi connectivity index (χ3v) is 8.60. The Bertz CT molecular complexity index is 1640. The Kier molecular flexibility index (Phi) is 8.63. The molecule has 2 saturated heterocycles. The van der Waals surface area contributed by atoms with Gasteiger partial charge in [0.25, 0.3) is 0 Å². The SMILES string of the molecule is CCC(=O)c1ccc2nc(CN3CCC(c4cccc(OCc5ccc(C(C)=O)cc5F)n4)CC3)n(CC3CCO3)c2c1. The third-order valence-electron chi connectivity index (χ3n) is 8.60. The number of hydrogen-bond donors (Lipinski definition) is 0. The first-order valence-electron chi connectivity index (χ1n) is 15.1. The Morgan fingerprint density at radius 2 is 1.81 bits per heavy atom. The van der Waals surface area contributed by atoms with Crippen LogP contribution in [-0.4, -0.2) is 56.8 Å². The number of nitrogens with zero attached hydrogens (tertiary/aromatic N) is 4. The van der Waals surface area contributed by atoms with E-state index in [2.05, 4.69) is 9.47 Å². The number of pyridine rings is 1. The highest BCUT2D eigenvalue weighted by atomic mass is 19.1. The van der Waals surface area contributed by atoms with Gasteiger partial charge in [-0.2, -0.15) is 0 Å². The Morgan fingerprint density at radius 1 is 1.02 bits per heavy atom. The smallest absolute Gasteiger partial charge is 0.213 e. The Hall–Kier alpha value is -3.95. The largest absolute Gasteiger partial charge is 0.473 e. The molecule has 224 valence electrons. The number of fused-ring (bicyclic) bond motifs is 1. The van der Waals surface area contributed by atoms with Crippen LogP contribution in [0.4, 0.5) is 4.39 Å². The molecule has 0 spiro atoms. The molecule has 8 nitrogen and oxygen atoms in total. The van der Waals surface area contributed by atoms with Crippen molar-refractivity contribution >= 4 is 22.6 Å². The van der Waals surface area contributed by atoms with Crippen LogP contribution in [0.3, 0.4) is 0 Å². The molecule has 9 heteroatoms. The van der Waals surface area contributed by atoms with E-state index in [4.69, 9.17) is 19.4 Å². The standard InChI is InChI=1S/C34H37FN4O4/c1-3-32(41)25-9-10-30-31(18-25)39(19-27-13-16-42-27)33(36-30)20-38-14-11-23(12-15-38)29-5-4-6-34(37-29)43-21-26-8-7-24(22(2)40)17-28(26)35/h4-10,17-18,23,27H,3,11-16,19-21H2,1-2H3. The number of ether oxygens (including phenoxy) is 2. The van der Waals surface area contributed by atoms with Gasteiger partial charge in [0.15, 0.2) is 11.6 Å². The zero-order chi connectivity index (χ0) is 29.9. The van der Waals surface area contributed by atoms with E-state index in [1.807, 2.05) is 37.3 Å². The number of ketones is 2. The molecule has 43 heavy (non-hydrogen) atoms. The number of hydrogen-bond acceptors (Lipinski definition) is 7. The van der Waals surface area contributed by atoms with Crippen molar-refractivity contribution in [1.82, 2.24) is 19.4 Å². The summed E-state index contributed by atoms with van der Waals surface area (Å²) in [4.78, 5) is 36.1. The lowest BCUT2D eigenvalue weighted by Crippen LogP contribution is -2.35. The van der Waals surface area contributed by atoms with Gasteiger partial charge in [-0.3, -0.25) is 14.5 Å². The average Bonchev–Trinajstić information content (AvgIpc) is 3.34. The molecule has 0 saturated carbocycles. The van der Waals surface area contributed by atoms with E-state index in [-0.39, 0.29) is 24.3 Å². The molecular formula is C34H37FN4O4. The summed E-state index contributed by atoms with van der Waals surface area (Å²) in [6, 6.07) is 16.0. The fourth-order valence-corrected chi connectivity index (χ4v) is 5.87.